The number of aryl methyl sites for hydroxylation is 2. The maximum Gasteiger partial charge on any atom is 0.341 e. The highest BCUT2D eigenvalue weighted by atomic mass is 32.2. The van der Waals surface area contributed by atoms with Crippen LogP contribution in [0.25, 0.3) is 22.1 Å². The Morgan fingerprint density at radius 3 is 2.81 bits per heavy atom. The highest BCUT2D eigenvalue weighted by Crippen LogP contribution is 2.37. The number of nitrogens with one attached hydrogen (secondary N) is 1. The summed E-state index contributed by atoms with van der Waals surface area (Å²) >= 11 is 3.80. The van der Waals surface area contributed by atoms with Gasteiger partial charge in [-0.15, -0.1) is 32.9 Å². The lowest BCUT2D eigenvalue weighted by Gasteiger charge is -2.07. The Bertz CT molecular complexity index is 1240. The van der Waals surface area contributed by atoms with Crippen molar-refractivity contribution in [1.29, 1.82) is 0 Å². The summed E-state index contributed by atoms with van der Waals surface area (Å²) in [6.45, 7) is 5.72. The Hall–Kier alpha value is -2.96. The molecule has 4 aromatic rings. The molecular weight excluding hydrogens is 472 g/mol. The van der Waals surface area contributed by atoms with E-state index >= 15 is 0 Å². The van der Waals surface area contributed by atoms with Crippen LogP contribution in [0.1, 0.15) is 28.0 Å². The van der Waals surface area contributed by atoms with Crippen molar-refractivity contribution in [2.75, 3.05) is 17.7 Å². The van der Waals surface area contributed by atoms with Crippen molar-refractivity contribution in [3.8, 4) is 22.1 Å². The third kappa shape index (κ3) is 4.76. The van der Waals surface area contributed by atoms with Crippen LogP contribution in [0, 0.1) is 13.8 Å². The molecule has 1 N–H and O–H groups in total. The minimum Gasteiger partial charge on any atom is -0.464 e. The van der Waals surface area contributed by atoms with E-state index in [0.29, 0.717) is 22.2 Å². The quantitative estimate of drug-likeness (QED) is 0.267. The second kappa shape index (κ2) is 9.67. The van der Waals surface area contributed by atoms with Gasteiger partial charge in [0.2, 0.25) is 5.91 Å². The number of hydrogen-bond acceptors (Lipinski definition) is 11. The number of amides is 1. The molecule has 0 radical (unpaired) electrons. The molecule has 9 nitrogen and oxygen atoms in total. The largest absolute Gasteiger partial charge is 0.464 e. The fraction of sp³-hybridized carbons (Fsp3) is 0.250. The van der Waals surface area contributed by atoms with Crippen LogP contribution in [0.5, 0.6) is 0 Å². The van der Waals surface area contributed by atoms with Gasteiger partial charge in [0.15, 0.2) is 0 Å². The maximum atomic E-state index is 12.5. The van der Waals surface area contributed by atoms with Crippen LogP contribution in [-0.2, 0) is 9.53 Å². The molecule has 32 heavy (non-hydrogen) atoms. The fourth-order valence-corrected chi connectivity index (χ4v) is 5.21. The van der Waals surface area contributed by atoms with Crippen LogP contribution in [0.3, 0.4) is 0 Å². The number of anilines is 1. The van der Waals surface area contributed by atoms with Crippen molar-refractivity contribution in [2.45, 2.75) is 26.0 Å². The van der Waals surface area contributed by atoms with Gasteiger partial charge in [-0.05, 0) is 32.9 Å². The number of rotatable bonds is 8. The summed E-state index contributed by atoms with van der Waals surface area (Å²) in [6, 6.07) is 3.47. The maximum absolute atomic E-state index is 12.5. The van der Waals surface area contributed by atoms with Gasteiger partial charge in [0.05, 0.1) is 29.3 Å². The normalized spacial score (nSPS) is 11.0. The Morgan fingerprint density at radius 2 is 2.12 bits per heavy atom. The summed E-state index contributed by atoms with van der Waals surface area (Å²) in [5.41, 5.74) is 1.65. The van der Waals surface area contributed by atoms with Crippen molar-refractivity contribution in [3.63, 3.8) is 0 Å². The molecule has 0 aliphatic heterocycles. The molecule has 0 fully saturated rings. The van der Waals surface area contributed by atoms with Crippen molar-refractivity contribution < 1.29 is 23.2 Å². The van der Waals surface area contributed by atoms with E-state index < -0.39 is 5.97 Å². The van der Waals surface area contributed by atoms with Gasteiger partial charge in [0, 0.05) is 10.9 Å². The number of carbonyl (C=O) groups excluding carboxylic acids is 2. The third-order valence-corrected chi connectivity index (χ3v) is 6.92. The Kier molecular flexibility index (Phi) is 6.72. The van der Waals surface area contributed by atoms with Crippen LogP contribution in [0.4, 0.5) is 5.00 Å². The number of thiazole rings is 1. The molecule has 0 spiro atoms. The van der Waals surface area contributed by atoms with Crippen LogP contribution < -0.4 is 5.32 Å². The molecule has 0 aliphatic rings. The van der Waals surface area contributed by atoms with Gasteiger partial charge in [-0.25, -0.2) is 9.78 Å². The van der Waals surface area contributed by atoms with E-state index in [4.69, 9.17) is 13.6 Å². The SMILES string of the molecule is CCOC(=O)c1c(-c2ccco2)csc1NC(=O)CSc1nnc(-c2sc(C)nc2C)o1. The van der Waals surface area contributed by atoms with Gasteiger partial charge < -0.3 is 18.9 Å². The van der Waals surface area contributed by atoms with Crippen LogP contribution >= 0.6 is 34.4 Å². The highest BCUT2D eigenvalue weighted by Gasteiger charge is 2.24. The predicted molar refractivity (Wildman–Crippen MR) is 122 cm³/mol. The summed E-state index contributed by atoms with van der Waals surface area (Å²) in [7, 11) is 0. The van der Waals surface area contributed by atoms with E-state index in [1.165, 1.54) is 28.9 Å². The zero-order chi connectivity index (χ0) is 22.7. The molecule has 0 saturated heterocycles. The first kappa shape index (κ1) is 22.2. The predicted octanol–water partition coefficient (Wildman–Crippen LogP) is 5.04. The summed E-state index contributed by atoms with van der Waals surface area (Å²) < 4.78 is 16.2. The van der Waals surface area contributed by atoms with E-state index in [2.05, 4.69) is 20.5 Å². The van der Waals surface area contributed by atoms with Gasteiger partial charge in [-0.3, -0.25) is 4.79 Å². The molecule has 0 unspecified atom stereocenters. The summed E-state index contributed by atoms with van der Waals surface area (Å²) in [4.78, 5) is 30.2. The molecule has 4 rings (SSSR count). The molecule has 0 bridgehead atoms. The zero-order valence-electron chi connectivity index (χ0n) is 17.3. The second-order valence-corrected chi connectivity index (χ2v) is 9.42. The topological polar surface area (TPSA) is 120 Å². The summed E-state index contributed by atoms with van der Waals surface area (Å²) in [5, 5.41) is 14.1. The Labute approximate surface area is 195 Å². The van der Waals surface area contributed by atoms with E-state index in [-0.39, 0.29) is 29.1 Å². The van der Waals surface area contributed by atoms with Gasteiger partial charge in [-0.1, -0.05) is 11.8 Å². The lowest BCUT2D eigenvalue weighted by atomic mass is 10.1. The molecule has 4 heterocycles. The number of hydrogen-bond donors (Lipinski definition) is 1. The van der Waals surface area contributed by atoms with Crippen molar-refractivity contribution >= 4 is 51.3 Å². The molecule has 12 heteroatoms. The van der Waals surface area contributed by atoms with Crippen molar-refractivity contribution in [2.24, 2.45) is 0 Å². The first-order chi connectivity index (χ1) is 15.5. The van der Waals surface area contributed by atoms with Crippen LogP contribution in [-0.4, -0.2) is 39.4 Å². The zero-order valence-corrected chi connectivity index (χ0v) is 19.8. The van der Waals surface area contributed by atoms with Gasteiger partial charge >= 0.3 is 5.97 Å². The minimum atomic E-state index is -0.528. The number of carbonyl (C=O) groups is 2. The smallest absolute Gasteiger partial charge is 0.341 e. The van der Waals surface area contributed by atoms with E-state index in [1.807, 2.05) is 13.8 Å². The first-order valence-electron chi connectivity index (χ1n) is 9.49. The second-order valence-electron chi connectivity index (χ2n) is 6.41. The standard InChI is InChI=1S/C20H18N4O5S3/c1-4-27-19(26)15-12(13-6-5-7-28-13)8-30-18(15)22-14(25)9-31-20-24-23-17(29-20)16-10(2)21-11(3)32-16/h5-8H,4,9H2,1-3H3,(H,22,25). The number of ether oxygens (including phenoxy) is 1. The van der Waals surface area contributed by atoms with Gasteiger partial charge in [0.1, 0.15) is 21.2 Å². The number of thioether (sulfide) groups is 1. The van der Waals surface area contributed by atoms with Crippen LogP contribution in [0.15, 0.2) is 37.8 Å². The first-order valence-corrected chi connectivity index (χ1v) is 12.2. The molecule has 166 valence electrons. The molecule has 4 aromatic heterocycles. The molecule has 0 aliphatic carbocycles. The number of thiophene rings is 1. The molecular formula is C20H18N4O5S3. The van der Waals surface area contributed by atoms with Gasteiger partial charge in [-0.2, -0.15) is 0 Å². The lowest BCUT2D eigenvalue weighted by molar-refractivity contribution is -0.113. The average Bonchev–Trinajstić information content (AvgIpc) is 3.53. The number of nitrogens with zero attached hydrogens (tertiary/aromatic N) is 3. The van der Waals surface area contributed by atoms with E-state index in [0.717, 1.165) is 27.3 Å². The van der Waals surface area contributed by atoms with E-state index in [1.54, 1.807) is 24.4 Å². The number of furan rings is 1. The van der Waals surface area contributed by atoms with Crippen molar-refractivity contribution in [3.05, 3.63) is 40.0 Å². The highest BCUT2D eigenvalue weighted by molar-refractivity contribution is 7.99. The molecule has 0 saturated carbocycles. The van der Waals surface area contributed by atoms with Crippen LogP contribution in [0.2, 0.25) is 0 Å². The van der Waals surface area contributed by atoms with Crippen molar-refractivity contribution in [1.82, 2.24) is 15.2 Å². The number of esters is 1. The summed E-state index contributed by atoms with van der Waals surface area (Å²) in [6.07, 6.45) is 1.52. The Morgan fingerprint density at radius 1 is 1.28 bits per heavy atom. The summed E-state index contributed by atoms with van der Waals surface area (Å²) in [5.74, 6) is 0.0735. The molecule has 1 amide bonds. The fourth-order valence-electron chi connectivity index (χ4n) is 2.85. The minimum absolute atomic E-state index is 0.0264. The van der Waals surface area contributed by atoms with E-state index in [9.17, 15) is 9.59 Å². The Balaban J connectivity index is 1.44. The monoisotopic (exact) mass is 490 g/mol. The lowest BCUT2D eigenvalue weighted by Crippen LogP contribution is -2.16. The van der Waals surface area contributed by atoms with Gasteiger partial charge in [0.25, 0.3) is 11.1 Å². The molecule has 0 aromatic carbocycles. The third-order valence-electron chi connectivity index (χ3n) is 4.14. The average molecular weight is 491 g/mol. The molecule has 0 atom stereocenters. The number of aromatic nitrogens is 3.